The van der Waals surface area contributed by atoms with Crippen molar-refractivity contribution >= 4 is 0 Å². The Bertz CT molecular complexity index is 115. The van der Waals surface area contributed by atoms with E-state index >= 15 is 0 Å². The van der Waals surface area contributed by atoms with Crippen molar-refractivity contribution in [1.29, 1.82) is 0 Å². The molecule has 7 heteroatoms. The molecule has 0 radical (unpaired) electrons. The van der Waals surface area contributed by atoms with E-state index in [1.165, 1.54) is 0 Å². The third kappa shape index (κ3) is 5.75. The van der Waals surface area contributed by atoms with Gasteiger partial charge in [-0.05, 0) is 0 Å². The summed E-state index contributed by atoms with van der Waals surface area (Å²) in [7, 11) is 0. The average molecular weight is 222 g/mol. The summed E-state index contributed by atoms with van der Waals surface area (Å²) in [6.07, 6.45) is -6.39. The number of rotatable bonds is 5. The van der Waals surface area contributed by atoms with Gasteiger partial charge in [0.2, 0.25) is 0 Å². The topological polar surface area (TPSA) is 121 Å². The van der Waals surface area contributed by atoms with E-state index in [9.17, 15) is 0 Å². The van der Waals surface area contributed by atoms with E-state index in [1.807, 2.05) is 0 Å². The Morgan fingerprint density at radius 2 is 1.00 bits per heavy atom. The normalized spacial score (nSPS) is 19.8. The minimum absolute atomic E-state index is 0. The van der Waals surface area contributed by atoms with Gasteiger partial charge in [0.05, 0.1) is 13.2 Å². The molecule has 6 nitrogen and oxygen atoms in total. The second-order valence-corrected chi connectivity index (χ2v) is 2.48. The predicted molar refractivity (Wildman–Crippen MR) is 39.3 cm³/mol. The van der Waals surface area contributed by atoms with Gasteiger partial charge >= 0.3 is 51.4 Å². The Hall–Kier alpha value is 1.40. The van der Waals surface area contributed by atoms with E-state index in [2.05, 4.69) is 0 Å². The van der Waals surface area contributed by atoms with E-state index in [1.54, 1.807) is 0 Å². The molecule has 0 unspecified atom stereocenters. The molecule has 0 aromatic carbocycles. The maximum absolute atomic E-state index is 8.96. The van der Waals surface area contributed by atoms with Gasteiger partial charge in [-0.3, -0.25) is 0 Å². The van der Waals surface area contributed by atoms with Crippen LogP contribution in [0.4, 0.5) is 0 Å². The Balaban J connectivity index is -0.000000605. The maximum Gasteiger partial charge on any atom is 1.00 e. The molecule has 76 valence electrons. The molecule has 0 aliphatic carbocycles. The van der Waals surface area contributed by atoms with Crippen molar-refractivity contribution in [2.75, 3.05) is 13.2 Å². The van der Waals surface area contributed by atoms with Gasteiger partial charge in [0, 0.05) is 0 Å². The van der Waals surface area contributed by atoms with Crippen LogP contribution in [0.15, 0.2) is 0 Å². The van der Waals surface area contributed by atoms with Crippen molar-refractivity contribution in [3.8, 4) is 0 Å². The molecule has 13 heavy (non-hydrogen) atoms. The number of hydrogen-bond donors (Lipinski definition) is 6. The second kappa shape index (κ2) is 8.68. The van der Waals surface area contributed by atoms with Crippen LogP contribution in [-0.2, 0) is 0 Å². The molecule has 0 fully saturated rings. The smallest absolute Gasteiger partial charge is 1.00 e. The quantitative estimate of drug-likeness (QED) is 0.257. The van der Waals surface area contributed by atoms with Crippen molar-refractivity contribution in [2.45, 2.75) is 24.4 Å². The van der Waals surface area contributed by atoms with Crippen LogP contribution in [0, 0.1) is 0 Å². The standard InChI is InChI=1S/C6H14O6.K.H/c7-1-3(9)5(11)6(12)4(10)2-8;;/h3-12H,1-2H2;;/q;+1;-1/t3-,4+,5-,6-;;/m1../s1. The van der Waals surface area contributed by atoms with Gasteiger partial charge in [-0.1, -0.05) is 0 Å². The van der Waals surface area contributed by atoms with Crippen molar-refractivity contribution < 1.29 is 83.5 Å². The van der Waals surface area contributed by atoms with E-state index in [4.69, 9.17) is 30.6 Å². The Kier molecular flexibility index (Phi) is 11.2. The Morgan fingerprint density at radius 1 is 0.769 bits per heavy atom. The molecule has 0 rings (SSSR count). The molecule has 0 saturated carbocycles. The molecule has 0 saturated heterocycles. The fourth-order valence-corrected chi connectivity index (χ4v) is 0.671. The zero-order valence-electron chi connectivity index (χ0n) is 8.41. The van der Waals surface area contributed by atoms with Crippen LogP contribution < -0.4 is 51.4 Å². The van der Waals surface area contributed by atoms with Crippen LogP contribution in [0.2, 0.25) is 0 Å². The minimum Gasteiger partial charge on any atom is -1.00 e. The van der Waals surface area contributed by atoms with Crippen LogP contribution in [0.3, 0.4) is 0 Å². The van der Waals surface area contributed by atoms with Crippen molar-refractivity contribution in [1.82, 2.24) is 0 Å². The summed E-state index contributed by atoms with van der Waals surface area (Å²) >= 11 is 0. The third-order valence-corrected chi connectivity index (χ3v) is 1.51. The summed E-state index contributed by atoms with van der Waals surface area (Å²) in [5.74, 6) is 0. The van der Waals surface area contributed by atoms with Crippen LogP contribution in [0.25, 0.3) is 0 Å². The zero-order chi connectivity index (χ0) is 9.72. The predicted octanol–water partition coefficient (Wildman–Crippen LogP) is -6.47. The van der Waals surface area contributed by atoms with E-state index in [0.717, 1.165) is 0 Å². The van der Waals surface area contributed by atoms with Crippen LogP contribution in [0.5, 0.6) is 0 Å². The summed E-state index contributed by atoms with van der Waals surface area (Å²) in [5.41, 5.74) is 0. The fourth-order valence-electron chi connectivity index (χ4n) is 0.671. The summed E-state index contributed by atoms with van der Waals surface area (Å²) in [4.78, 5) is 0. The molecule has 0 amide bonds. The first-order valence-corrected chi connectivity index (χ1v) is 3.48. The molecule has 0 aliphatic heterocycles. The van der Waals surface area contributed by atoms with Crippen LogP contribution in [-0.4, -0.2) is 68.3 Å². The second-order valence-electron chi connectivity index (χ2n) is 2.48. The third-order valence-electron chi connectivity index (χ3n) is 1.51. The summed E-state index contributed by atoms with van der Waals surface area (Å²) in [5, 5.41) is 52.2. The summed E-state index contributed by atoms with van der Waals surface area (Å²) in [6.45, 7) is -1.45. The van der Waals surface area contributed by atoms with E-state index in [-0.39, 0.29) is 52.8 Å². The first-order chi connectivity index (χ1) is 5.54. The van der Waals surface area contributed by atoms with Gasteiger partial charge in [-0.15, -0.1) is 0 Å². The minimum atomic E-state index is -1.67. The molecule has 0 spiro atoms. The summed E-state index contributed by atoms with van der Waals surface area (Å²) in [6, 6.07) is 0. The van der Waals surface area contributed by atoms with Crippen molar-refractivity contribution in [2.24, 2.45) is 0 Å². The Labute approximate surface area is 120 Å². The molecular formula is C6H15KO6. The first-order valence-electron chi connectivity index (χ1n) is 3.48. The first kappa shape index (κ1) is 16.8. The van der Waals surface area contributed by atoms with Crippen molar-refractivity contribution in [3.63, 3.8) is 0 Å². The molecule has 0 heterocycles. The number of aliphatic hydroxyl groups is 6. The van der Waals surface area contributed by atoms with Gasteiger partial charge in [0.15, 0.2) is 0 Å². The zero-order valence-corrected chi connectivity index (χ0v) is 10.5. The fraction of sp³-hybridized carbons (Fsp3) is 1.00. The van der Waals surface area contributed by atoms with E-state index < -0.39 is 37.6 Å². The van der Waals surface area contributed by atoms with E-state index in [0.29, 0.717) is 0 Å². The summed E-state index contributed by atoms with van der Waals surface area (Å²) < 4.78 is 0. The number of hydrogen-bond acceptors (Lipinski definition) is 6. The molecular weight excluding hydrogens is 207 g/mol. The van der Waals surface area contributed by atoms with Gasteiger partial charge in [0.1, 0.15) is 24.4 Å². The van der Waals surface area contributed by atoms with Gasteiger partial charge < -0.3 is 32.1 Å². The molecule has 0 aromatic rings. The molecule has 4 atom stereocenters. The SMILES string of the molecule is OC[C@@H](O)[C@@H](O)[C@H](O)[C@@H](O)CO.[H-].[K+]. The van der Waals surface area contributed by atoms with Crippen molar-refractivity contribution in [3.05, 3.63) is 0 Å². The van der Waals surface area contributed by atoms with Crippen LogP contribution >= 0.6 is 0 Å². The molecule has 6 N–H and O–H groups in total. The van der Waals surface area contributed by atoms with Crippen LogP contribution in [0.1, 0.15) is 1.43 Å². The number of aliphatic hydroxyl groups excluding tert-OH is 6. The molecule has 0 aliphatic rings. The van der Waals surface area contributed by atoms with Gasteiger partial charge in [-0.25, -0.2) is 0 Å². The van der Waals surface area contributed by atoms with Gasteiger partial charge in [-0.2, -0.15) is 0 Å². The maximum atomic E-state index is 8.96. The molecule has 0 aromatic heterocycles. The average Bonchev–Trinajstić information content (AvgIpc) is 2.12. The molecule has 0 bridgehead atoms. The largest absolute Gasteiger partial charge is 1.00 e. The Morgan fingerprint density at radius 3 is 1.15 bits per heavy atom. The van der Waals surface area contributed by atoms with Gasteiger partial charge in [0.25, 0.3) is 0 Å². The monoisotopic (exact) mass is 222 g/mol.